The molecule has 9 nitrogen and oxygen atoms in total. The first-order chi connectivity index (χ1) is 19.4. The van der Waals surface area contributed by atoms with Gasteiger partial charge in [-0.3, -0.25) is 14.3 Å². The van der Waals surface area contributed by atoms with Gasteiger partial charge in [0.2, 0.25) is 17.6 Å². The third-order valence-corrected chi connectivity index (χ3v) is 8.28. The zero-order valence-corrected chi connectivity index (χ0v) is 26.0. The molecule has 1 atom stereocenters. The molecule has 0 aliphatic rings. The van der Waals surface area contributed by atoms with Gasteiger partial charge in [-0.2, -0.15) is 0 Å². The first-order valence-corrected chi connectivity index (χ1v) is 15.7. The Balaban J connectivity index is 1.92. The molecule has 2 amide bonds. The number of carbonyl (C=O) groups is 2. The van der Waals surface area contributed by atoms with E-state index < -0.39 is 16.1 Å². The number of aromatic nitrogens is 1. The maximum absolute atomic E-state index is 13.3. The molecule has 1 heterocycles. The molecule has 0 saturated heterocycles. The summed E-state index contributed by atoms with van der Waals surface area (Å²) in [7, 11) is -4.05. The molecule has 0 saturated carbocycles. The SMILES string of the molecule is CCCC(=O)N(Cc1ccc(-c2ccccc2S(=O)(=O)Nc2noc(CC)c2Cl)cc1)C(C(=O)NC(C)C)C(C)C. The third-order valence-electron chi connectivity index (χ3n) is 6.50. The van der Waals surface area contributed by atoms with Crippen molar-refractivity contribution in [1.82, 2.24) is 15.4 Å². The molecule has 0 aliphatic heterocycles. The molecule has 1 aromatic heterocycles. The standard InChI is InChI=1S/C30H39ClN4O5S/c1-7-11-26(36)35(28(19(3)4)30(37)32-20(5)6)18-21-14-16-22(17-15-21)23-12-9-10-13-25(23)41(38,39)34-29-27(31)24(8-2)40-33-29/h9-10,12-17,19-20,28H,7-8,11,18H2,1-6H3,(H,32,37)(H,33,34). The van der Waals surface area contributed by atoms with E-state index in [1.54, 1.807) is 23.1 Å². The van der Waals surface area contributed by atoms with Crippen LogP contribution in [0.2, 0.25) is 5.02 Å². The van der Waals surface area contributed by atoms with E-state index in [-0.39, 0.29) is 46.1 Å². The maximum Gasteiger partial charge on any atom is 0.263 e. The minimum Gasteiger partial charge on any atom is -0.358 e. The van der Waals surface area contributed by atoms with Gasteiger partial charge in [0.1, 0.15) is 11.1 Å². The van der Waals surface area contributed by atoms with Gasteiger partial charge < -0.3 is 14.7 Å². The minimum absolute atomic E-state index is 0.0500. The van der Waals surface area contributed by atoms with Crippen LogP contribution in [0.4, 0.5) is 5.82 Å². The number of hydrogen-bond acceptors (Lipinski definition) is 6. The number of aryl methyl sites for hydroxylation is 1. The fourth-order valence-corrected chi connectivity index (χ4v) is 6.12. The van der Waals surface area contributed by atoms with E-state index in [2.05, 4.69) is 15.2 Å². The predicted molar refractivity (Wildman–Crippen MR) is 161 cm³/mol. The largest absolute Gasteiger partial charge is 0.358 e. The number of carbonyl (C=O) groups excluding carboxylic acids is 2. The first-order valence-electron chi connectivity index (χ1n) is 13.8. The smallest absolute Gasteiger partial charge is 0.263 e. The minimum atomic E-state index is -4.05. The molecule has 0 bridgehead atoms. The van der Waals surface area contributed by atoms with Gasteiger partial charge in [0.25, 0.3) is 10.0 Å². The third kappa shape index (κ3) is 7.89. The number of hydrogen-bond donors (Lipinski definition) is 2. The lowest BCUT2D eigenvalue weighted by atomic mass is 9.98. The van der Waals surface area contributed by atoms with Crippen molar-refractivity contribution in [3.8, 4) is 11.1 Å². The van der Waals surface area contributed by atoms with Crippen molar-refractivity contribution in [1.29, 1.82) is 0 Å². The second-order valence-corrected chi connectivity index (χ2v) is 12.6. The quantitative estimate of drug-likeness (QED) is 0.246. The zero-order valence-electron chi connectivity index (χ0n) is 24.4. The second-order valence-electron chi connectivity index (χ2n) is 10.5. The van der Waals surface area contributed by atoms with E-state index in [9.17, 15) is 18.0 Å². The predicted octanol–water partition coefficient (Wildman–Crippen LogP) is 6.04. The lowest BCUT2D eigenvalue weighted by Crippen LogP contribution is -2.53. The van der Waals surface area contributed by atoms with Crippen molar-refractivity contribution in [3.63, 3.8) is 0 Å². The van der Waals surface area contributed by atoms with Crippen LogP contribution in [0.1, 0.15) is 65.7 Å². The lowest BCUT2D eigenvalue weighted by Gasteiger charge is -2.34. The second kappa shape index (κ2) is 14.0. The fraction of sp³-hybridized carbons (Fsp3) is 0.433. The highest BCUT2D eigenvalue weighted by Gasteiger charge is 2.32. The van der Waals surface area contributed by atoms with Crippen molar-refractivity contribution in [3.05, 3.63) is 64.9 Å². The Bertz CT molecular complexity index is 1450. The fourth-order valence-electron chi connectivity index (χ4n) is 4.58. The Labute approximate surface area is 247 Å². The van der Waals surface area contributed by atoms with Crippen molar-refractivity contribution in [2.24, 2.45) is 5.92 Å². The highest BCUT2D eigenvalue weighted by molar-refractivity contribution is 7.92. The summed E-state index contributed by atoms with van der Waals surface area (Å²) in [6, 6.07) is 13.3. The van der Waals surface area contributed by atoms with E-state index >= 15 is 0 Å². The van der Waals surface area contributed by atoms with Crippen LogP contribution in [0.15, 0.2) is 57.9 Å². The van der Waals surface area contributed by atoms with Crippen molar-refractivity contribution < 1.29 is 22.5 Å². The molecule has 3 rings (SSSR count). The van der Waals surface area contributed by atoms with Crippen LogP contribution in [0.5, 0.6) is 0 Å². The summed E-state index contributed by atoms with van der Waals surface area (Å²) < 4.78 is 34.2. The van der Waals surface area contributed by atoms with Crippen LogP contribution in [0.3, 0.4) is 0 Å². The molecule has 41 heavy (non-hydrogen) atoms. The average Bonchev–Trinajstić information content (AvgIpc) is 3.26. The highest BCUT2D eigenvalue weighted by Crippen LogP contribution is 2.32. The number of rotatable bonds is 13. The molecule has 3 aromatic rings. The van der Waals surface area contributed by atoms with Gasteiger partial charge in [0, 0.05) is 31.0 Å². The molecule has 0 spiro atoms. The number of sulfonamides is 1. The van der Waals surface area contributed by atoms with Crippen LogP contribution in [0.25, 0.3) is 11.1 Å². The van der Waals surface area contributed by atoms with E-state index in [1.165, 1.54) is 6.07 Å². The molecule has 2 aromatic carbocycles. The maximum atomic E-state index is 13.3. The van der Waals surface area contributed by atoms with Gasteiger partial charge in [-0.1, -0.05) is 86.9 Å². The molecule has 11 heteroatoms. The van der Waals surface area contributed by atoms with Gasteiger partial charge in [0.15, 0.2) is 5.76 Å². The number of amides is 2. The number of benzene rings is 2. The monoisotopic (exact) mass is 602 g/mol. The number of nitrogens with one attached hydrogen (secondary N) is 2. The summed E-state index contributed by atoms with van der Waals surface area (Å²) in [4.78, 5) is 28.0. The van der Waals surface area contributed by atoms with Gasteiger partial charge in [-0.05, 0) is 43.4 Å². The van der Waals surface area contributed by atoms with Crippen LogP contribution in [-0.4, -0.2) is 42.4 Å². The lowest BCUT2D eigenvalue weighted by molar-refractivity contribution is -0.143. The van der Waals surface area contributed by atoms with Crippen LogP contribution < -0.4 is 10.0 Å². The van der Waals surface area contributed by atoms with Gasteiger partial charge in [-0.15, -0.1) is 0 Å². The summed E-state index contributed by atoms with van der Waals surface area (Å²) in [5.41, 5.74) is 1.97. The first kappa shape index (κ1) is 32.1. The van der Waals surface area contributed by atoms with Gasteiger partial charge >= 0.3 is 0 Å². The Morgan fingerprint density at radius 3 is 2.24 bits per heavy atom. The van der Waals surface area contributed by atoms with Gasteiger partial charge in [-0.25, -0.2) is 8.42 Å². The molecule has 0 fully saturated rings. The average molecular weight is 603 g/mol. The molecule has 2 N–H and O–H groups in total. The number of nitrogens with zero attached hydrogens (tertiary/aromatic N) is 2. The Morgan fingerprint density at radius 1 is 1.02 bits per heavy atom. The Morgan fingerprint density at radius 2 is 1.68 bits per heavy atom. The highest BCUT2D eigenvalue weighted by atomic mass is 35.5. The Kier molecular flexibility index (Phi) is 11.0. The Hall–Kier alpha value is -3.37. The van der Waals surface area contributed by atoms with Crippen LogP contribution >= 0.6 is 11.6 Å². The van der Waals surface area contributed by atoms with E-state index in [0.29, 0.717) is 36.1 Å². The number of halogens is 1. The normalized spacial score (nSPS) is 12.4. The summed E-state index contributed by atoms with van der Waals surface area (Å²) in [5.74, 6) is -0.0340. The molecule has 0 aliphatic carbocycles. The summed E-state index contributed by atoms with van der Waals surface area (Å²) in [5, 5.41) is 6.84. The van der Waals surface area contributed by atoms with Crippen molar-refractivity contribution in [2.75, 3.05) is 4.72 Å². The van der Waals surface area contributed by atoms with Crippen molar-refractivity contribution >= 4 is 39.3 Å². The summed E-state index contributed by atoms with van der Waals surface area (Å²) >= 11 is 6.23. The van der Waals surface area contributed by atoms with Gasteiger partial charge in [0.05, 0.1) is 4.90 Å². The van der Waals surface area contributed by atoms with E-state index in [1.807, 2.05) is 65.8 Å². The van der Waals surface area contributed by atoms with E-state index in [4.69, 9.17) is 16.1 Å². The molecule has 1 unspecified atom stereocenters. The zero-order chi connectivity index (χ0) is 30.3. The molecular weight excluding hydrogens is 564 g/mol. The summed E-state index contributed by atoms with van der Waals surface area (Å²) in [6.45, 7) is 11.7. The van der Waals surface area contributed by atoms with Crippen molar-refractivity contribution in [2.45, 2.75) is 84.3 Å². The number of anilines is 1. The summed E-state index contributed by atoms with van der Waals surface area (Å²) in [6.07, 6.45) is 1.48. The van der Waals surface area contributed by atoms with Crippen LogP contribution in [0, 0.1) is 5.92 Å². The molecule has 0 radical (unpaired) electrons. The topological polar surface area (TPSA) is 122 Å². The molecule has 222 valence electrons. The van der Waals surface area contributed by atoms with Crippen LogP contribution in [-0.2, 0) is 32.6 Å². The van der Waals surface area contributed by atoms with E-state index in [0.717, 1.165) is 5.56 Å². The molecular formula is C30H39ClN4O5S.